The van der Waals surface area contributed by atoms with Gasteiger partial charge in [-0.2, -0.15) is 0 Å². The molecule has 0 fully saturated rings. The van der Waals surface area contributed by atoms with Gasteiger partial charge < -0.3 is 15.6 Å². The van der Waals surface area contributed by atoms with Crippen molar-refractivity contribution in [2.24, 2.45) is 5.92 Å². The van der Waals surface area contributed by atoms with Crippen LogP contribution in [-0.4, -0.2) is 27.9 Å². The van der Waals surface area contributed by atoms with Crippen molar-refractivity contribution in [3.05, 3.63) is 12.7 Å². The highest BCUT2D eigenvalue weighted by Crippen LogP contribution is 1.99. The lowest BCUT2D eigenvalue weighted by Gasteiger charge is -2.03. The molecule has 5 nitrogen and oxygen atoms in total. The van der Waals surface area contributed by atoms with Crippen LogP contribution in [0.25, 0.3) is 0 Å². The van der Waals surface area contributed by atoms with E-state index in [0.29, 0.717) is 0 Å². The predicted octanol–water partition coefficient (Wildman–Crippen LogP) is -0.0224. The molecule has 3 N–H and O–H groups in total. The molecule has 0 aromatic rings. The largest absolute Gasteiger partial charge is 0.480 e. The number of nitrogens with one attached hydrogen (secondary N) is 1. The molecule has 60 valence electrons. The van der Waals surface area contributed by atoms with E-state index in [1.165, 1.54) is 0 Å². The van der Waals surface area contributed by atoms with Crippen LogP contribution in [0.15, 0.2) is 12.7 Å². The average Bonchev–Trinajstić information content (AvgIpc) is 1.85. The van der Waals surface area contributed by atoms with E-state index in [4.69, 9.17) is 15.6 Å². The highest BCUT2D eigenvalue weighted by Gasteiger charge is 2.28. The van der Waals surface area contributed by atoms with Crippen molar-refractivity contribution in [1.29, 1.82) is 5.41 Å². The van der Waals surface area contributed by atoms with Crippen LogP contribution in [-0.2, 0) is 9.59 Å². The third-order valence-electron chi connectivity index (χ3n) is 1.02. The molecule has 0 aromatic heterocycles. The van der Waals surface area contributed by atoms with Gasteiger partial charge >= 0.3 is 11.9 Å². The van der Waals surface area contributed by atoms with Crippen LogP contribution >= 0.6 is 0 Å². The molecule has 0 unspecified atom stereocenters. The number of allylic oxidation sites excluding steroid dienone is 1. The maximum atomic E-state index is 10.2. The zero-order chi connectivity index (χ0) is 9.02. The van der Waals surface area contributed by atoms with Gasteiger partial charge in [-0.1, -0.05) is 6.58 Å². The van der Waals surface area contributed by atoms with Crippen molar-refractivity contribution in [2.45, 2.75) is 0 Å². The normalized spacial score (nSPS) is 9.18. The zero-order valence-corrected chi connectivity index (χ0v) is 5.57. The van der Waals surface area contributed by atoms with Gasteiger partial charge in [0, 0.05) is 0 Å². The van der Waals surface area contributed by atoms with Gasteiger partial charge in [-0.05, 0) is 6.08 Å². The minimum Gasteiger partial charge on any atom is -0.480 e. The summed E-state index contributed by atoms with van der Waals surface area (Å²) in [5, 5.41) is 23.4. The molecule has 11 heavy (non-hydrogen) atoms. The Hall–Kier alpha value is -1.65. The molecule has 5 heteroatoms. The van der Waals surface area contributed by atoms with Crippen LogP contribution in [0.4, 0.5) is 0 Å². The second-order valence-electron chi connectivity index (χ2n) is 1.77. The summed E-state index contributed by atoms with van der Waals surface area (Å²) in [5.74, 6) is -4.91. The molecule has 0 radical (unpaired) electrons. The summed E-state index contributed by atoms with van der Waals surface area (Å²) in [4.78, 5) is 20.3. The Labute approximate surface area is 62.5 Å². The van der Waals surface area contributed by atoms with Gasteiger partial charge in [0.05, 0.1) is 5.71 Å². The fourth-order valence-electron chi connectivity index (χ4n) is 0.490. The van der Waals surface area contributed by atoms with Crippen LogP contribution in [0.1, 0.15) is 0 Å². The molecule has 0 atom stereocenters. The van der Waals surface area contributed by atoms with Gasteiger partial charge in [-0.3, -0.25) is 9.59 Å². The fourth-order valence-corrected chi connectivity index (χ4v) is 0.490. The summed E-state index contributed by atoms with van der Waals surface area (Å²) in [6, 6.07) is 0. The number of hydrogen-bond acceptors (Lipinski definition) is 3. The maximum Gasteiger partial charge on any atom is 0.324 e. The molecule has 0 aromatic carbocycles. The number of aliphatic carboxylic acids is 2. The summed E-state index contributed by atoms with van der Waals surface area (Å²) in [6.07, 6.45) is 0.896. The van der Waals surface area contributed by atoms with E-state index in [1.54, 1.807) is 0 Å². The molecule has 0 amide bonds. The first-order chi connectivity index (χ1) is 5.00. The monoisotopic (exact) mass is 157 g/mol. The predicted molar refractivity (Wildman–Crippen MR) is 36.7 cm³/mol. The van der Waals surface area contributed by atoms with E-state index in [0.717, 1.165) is 6.08 Å². The summed E-state index contributed by atoms with van der Waals surface area (Å²) in [7, 11) is 0. The van der Waals surface area contributed by atoms with Gasteiger partial charge in [-0.25, -0.2) is 0 Å². The van der Waals surface area contributed by atoms with Gasteiger partial charge in [0.1, 0.15) is 0 Å². The molecule has 0 aliphatic rings. The minimum atomic E-state index is -1.80. The zero-order valence-electron chi connectivity index (χ0n) is 5.57. The molecular weight excluding hydrogens is 150 g/mol. The summed E-state index contributed by atoms with van der Waals surface area (Å²) in [6.45, 7) is 3.10. The lowest BCUT2D eigenvalue weighted by molar-refractivity contribution is -0.150. The Morgan fingerprint density at radius 1 is 1.36 bits per heavy atom. The average molecular weight is 157 g/mol. The van der Waals surface area contributed by atoms with E-state index < -0.39 is 23.6 Å². The van der Waals surface area contributed by atoms with E-state index in [1.807, 2.05) is 0 Å². The first-order valence-corrected chi connectivity index (χ1v) is 2.67. The van der Waals surface area contributed by atoms with E-state index in [2.05, 4.69) is 6.58 Å². The Kier molecular flexibility index (Phi) is 2.98. The number of carboxylic acid groups (broad SMARTS) is 2. The third-order valence-corrected chi connectivity index (χ3v) is 1.02. The Bertz CT molecular complexity index is 207. The Balaban J connectivity index is 4.60. The van der Waals surface area contributed by atoms with E-state index in [-0.39, 0.29) is 0 Å². The molecular formula is C6H7NO4. The quantitative estimate of drug-likeness (QED) is 0.394. The number of rotatable bonds is 4. The van der Waals surface area contributed by atoms with Gasteiger partial charge in [0.2, 0.25) is 0 Å². The minimum absolute atomic E-state index is 0.523. The Morgan fingerprint density at radius 2 is 1.73 bits per heavy atom. The summed E-state index contributed by atoms with van der Waals surface area (Å²) < 4.78 is 0. The van der Waals surface area contributed by atoms with E-state index in [9.17, 15) is 9.59 Å². The Morgan fingerprint density at radius 3 is 1.82 bits per heavy atom. The molecule has 0 saturated carbocycles. The van der Waals surface area contributed by atoms with Crippen molar-refractivity contribution in [1.82, 2.24) is 0 Å². The first-order valence-electron chi connectivity index (χ1n) is 2.67. The van der Waals surface area contributed by atoms with Crippen molar-refractivity contribution in [2.75, 3.05) is 0 Å². The molecule has 0 heterocycles. The second kappa shape index (κ2) is 3.50. The van der Waals surface area contributed by atoms with Crippen LogP contribution in [0.5, 0.6) is 0 Å². The maximum absolute atomic E-state index is 10.2. The molecule has 0 saturated heterocycles. The summed E-state index contributed by atoms with van der Waals surface area (Å²) in [5.41, 5.74) is -0.523. The molecule has 0 spiro atoms. The standard InChI is InChI=1S/C6H7NO4/c1-2-3(7)4(5(8)9)6(10)11/h2,4,7H,1H2,(H,8,9)(H,10,11). The lowest BCUT2D eigenvalue weighted by Crippen LogP contribution is -2.29. The van der Waals surface area contributed by atoms with Crippen molar-refractivity contribution < 1.29 is 19.8 Å². The SMILES string of the molecule is C=CC(=N)C(C(=O)O)C(=O)O. The fraction of sp³-hybridized carbons (Fsp3) is 0.167. The first kappa shape index (κ1) is 9.35. The lowest BCUT2D eigenvalue weighted by atomic mass is 10.0. The van der Waals surface area contributed by atoms with Crippen LogP contribution in [0, 0.1) is 11.3 Å². The molecule has 0 aliphatic heterocycles. The smallest absolute Gasteiger partial charge is 0.324 e. The number of carbonyl (C=O) groups is 2. The molecule has 0 aliphatic carbocycles. The number of carboxylic acids is 2. The van der Waals surface area contributed by atoms with Gasteiger partial charge in [-0.15, -0.1) is 0 Å². The van der Waals surface area contributed by atoms with Crippen LogP contribution in [0.2, 0.25) is 0 Å². The van der Waals surface area contributed by atoms with Crippen molar-refractivity contribution >= 4 is 17.7 Å². The highest BCUT2D eigenvalue weighted by molar-refractivity contribution is 6.18. The second-order valence-corrected chi connectivity index (χ2v) is 1.77. The topological polar surface area (TPSA) is 98.5 Å². The van der Waals surface area contributed by atoms with Gasteiger partial charge in [0.15, 0.2) is 5.92 Å². The van der Waals surface area contributed by atoms with Crippen LogP contribution in [0.3, 0.4) is 0 Å². The molecule has 0 bridgehead atoms. The highest BCUT2D eigenvalue weighted by atomic mass is 16.4. The van der Waals surface area contributed by atoms with Gasteiger partial charge in [0.25, 0.3) is 0 Å². The number of hydrogen-bond donors (Lipinski definition) is 3. The summed E-state index contributed by atoms with van der Waals surface area (Å²) >= 11 is 0. The van der Waals surface area contributed by atoms with Crippen molar-refractivity contribution in [3.8, 4) is 0 Å². The molecule has 0 rings (SSSR count). The van der Waals surface area contributed by atoms with E-state index >= 15 is 0 Å². The van der Waals surface area contributed by atoms with Crippen molar-refractivity contribution in [3.63, 3.8) is 0 Å². The third kappa shape index (κ3) is 2.21. The van der Waals surface area contributed by atoms with Crippen LogP contribution < -0.4 is 0 Å².